The molecule has 0 atom stereocenters. The van der Waals surface area contributed by atoms with E-state index in [1.807, 2.05) is 35.2 Å². The van der Waals surface area contributed by atoms with Crippen molar-refractivity contribution in [3.05, 3.63) is 67.0 Å². The summed E-state index contributed by atoms with van der Waals surface area (Å²) in [4.78, 5) is 24.4. The average molecular weight is 326 g/mol. The normalized spacial score (nSPS) is 10.9. The quantitative estimate of drug-likeness (QED) is 0.663. The Bertz CT molecular complexity index is 705. The number of rotatable bonds is 7. The number of nitrogens with zero attached hydrogens (tertiary/aromatic N) is 4. The predicted molar refractivity (Wildman–Crippen MR) is 87.0 cm³/mol. The van der Waals surface area contributed by atoms with Gasteiger partial charge in [-0.05, 0) is 12.1 Å². The summed E-state index contributed by atoms with van der Waals surface area (Å²) in [7, 11) is 1.77. The first-order valence-electron chi connectivity index (χ1n) is 7.50. The summed E-state index contributed by atoms with van der Waals surface area (Å²) in [5.74, 6) is -0.0202. The van der Waals surface area contributed by atoms with Crippen LogP contribution < -0.4 is 4.90 Å². The Kier molecular flexibility index (Phi) is 5.02. The van der Waals surface area contributed by atoms with Crippen molar-refractivity contribution in [2.45, 2.75) is 13.1 Å². The second-order valence-electron chi connectivity index (χ2n) is 5.39. The van der Waals surface area contributed by atoms with E-state index in [1.165, 1.54) is 12.8 Å². The van der Waals surface area contributed by atoms with Crippen LogP contribution in [-0.4, -0.2) is 34.4 Å². The number of likely N-dealkylation sites (N-methyl/N-ethyl adjacent to an activating group) is 1. The molecule has 0 bridgehead atoms. The predicted octanol–water partition coefficient (Wildman–Crippen LogP) is 2.33. The summed E-state index contributed by atoms with van der Waals surface area (Å²) in [6.07, 6.45) is 5.89. The lowest BCUT2D eigenvalue weighted by Crippen LogP contribution is -2.38. The number of para-hydroxylation sites is 1. The van der Waals surface area contributed by atoms with Gasteiger partial charge in [-0.1, -0.05) is 18.2 Å². The Labute approximate surface area is 139 Å². The number of aromatic nitrogens is 2. The number of hydrogen-bond donors (Lipinski definition) is 0. The molecule has 3 aromatic rings. The fourth-order valence-corrected chi connectivity index (χ4v) is 2.35. The molecule has 0 aliphatic heterocycles. The molecule has 0 aliphatic rings. The zero-order valence-corrected chi connectivity index (χ0v) is 13.3. The maximum Gasteiger partial charge on any atom is 0.240 e. The highest BCUT2D eigenvalue weighted by molar-refractivity contribution is 5.94. The largest absolute Gasteiger partial charge is 0.451 e. The zero-order chi connectivity index (χ0) is 16.8. The van der Waals surface area contributed by atoms with Crippen molar-refractivity contribution in [3.8, 4) is 0 Å². The summed E-state index contributed by atoms with van der Waals surface area (Å²) in [6, 6.07) is 9.53. The molecule has 0 spiro atoms. The van der Waals surface area contributed by atoms with E-state index in [9.17, 15) is 4.79 Å². The minimum atomic E-state index is -0.0202. The Morgan fingerprint density at radius 3 is 2.08 bits per heavy atom. The van der Waals surface area contributed by atoms with Gasteiger partial charge in [0.1, 0.15) is 12.5 Å². The molecular weight excluding hydrogens is 308 g/mol. The SMILES string of the molecule is CN(C(=O)CN(Cc1cocn1)Cc1cocn1)c1ccccc1. The standard InChI is InChI=1S/C17H18N4O3/c1-20(16-5-3-2-4-6-16)17(22)9-21(7-14-10-23-12-18-14)8-15-11-24-13-19-15/h2-6,10-13H,7-9H2,1H3. The minimum absolute atomic E-state index is 0.0202. The van der Waals surface area contributed by atoms with Crippen molar-refractivity contribution in [3.63, 3.8) is 0 Å². The van der Waals surface area contributed by atoms with Gasteiger partial charge in [-0.2, -0.15) is 0 Å². The Balaban J connectivity index is 1.69. The third-order valence-electron chi connectivity index (χ3n) is 3.61. The maximum atomic E-state index is 12.6. The monoisotopic (exact) mass is 326 g/mol. The lowest BCUT2D eigenvalue weighted by Gasteiger charge is -2.23. The molecule has 2 heterocycles. The van der Waals surface area contributed by atoms with Gasteiger partial charge in [0.25, 0.3) is 0 Å². The molecule has 0 unspecified atom stereocenters. The van der Waals surface area contributed by atoms with Gasteiger partial charge in [0.2, 0.25) is 5.91 Å². The van der Waals surface area contributed by atoms with Crippen molar-refractivity contribution in [2.24, 2.45) is 0 Å². The number of benzene rings is 1. The third kappa shape index (κ3) is 4.08. The van der Waals surface area contributed by atoms with Crippen LogP contribution in [-0.2, 0) is 17.9 Å². The van der Waals surface area contributed by atoms with Crippen LogP contribution in [0.2, 0.25) is 0 Å². The molecule has 124 valence electrons. The summed E-state index contributed by atoms with van der Waals surface area (Å²) >= 11 is 0. The van der Waals surface area contributed by atoms with Crippen molar-refractivity contribution in [1.82, 2.24) is 14.9 Å². The fourth-order valence-electron chi connectivity index (χ4n) is 2.35. The first-order chi connectivity index (χ1) is 11.7. The molecule has 7 heteroatoms. The molecule has 7 nitrogen and oxygen atoms in total. The van der Waals surface area contributed by atoms with Crippen molar-refractivity contribution in [2.75, 3.05) is 18.5 Å². The minimum Gasteiger partial charge on any atom is -0.451 e. The number of carbonyl (C=O) groups is 1. The zero-order valence-electron chi connectivity index (χ0n) is 13.3. The van der Waals surface area contributed by atoms with E-state index in [4.69, 9.17) is 8.83 Å². The van der Waals surface area contributed by atoms with Gasteiger partial charge >= 0.3 is 0 Å². The van der Waals surface area contributed by atoms with Crippen LogP contribution in [0.5, 0.6) is 0 Å². The Morgan fingerprint density at radius 2 is 1.58 bits per heavy atom. The molecule has 24 heavy (non-hydrogen) atoms. The van der Waals surface area contributed by atoms with Crippen molar-refractivity contribution >= 4 is 11.6 Å². The highest BCUT2D eigenvalue weighted by Crippen LogP contribution is 2.13. The van der Waals surface area contributed by atoms with Gasteiger partial charge in [0.15, 0.2) is 12.8 Å². The van der Waals surface area contributed by atoms with Gasteiger partial charge in [-0.15, -0.1) is 0 Å². The van der Waals surface area contributed by atoms with Crippen LogP contribution in [0.4, 0.5) is 5.69 Å². The molecule has 0 N–H and O–H groups in total. The number of oxazole rings is 2. The highest BCUT2D eigenvalue weighted by Gasteiger charge is 2.18. The van der Waals surface area contributed by atoms with E-state index >= 15 is 0 Å². The molecule has 3 rings (SSSR count). The van der Waals surface area contributed by atoms with E-state index < -0.39 is 0 Å². The topological polar surface area (TPSA) is 75.6 Å². The Morgan fingerprint density at radius 1 is 1.00 bits per heavy atom. The molecule has 1 aromatic carbocycles. The van der Waals surface area contributed by atoms with E-state index in [0.29, 0.717) is 13.1 Å². The van der Waals surface area contributed by atoms with E-state index in [1.54, 1.807) is 24.5 Å². The summed E-state index contributed by atoms with van der Waals surface area (Å²) < 4.78 is 10.0. The van der Waals surface area contributed by atoms with Gasteiger partial charge in [0.05, 0.1) is 17.9 Å². The highest BCUT2D eigenvalue weighted by atomic mass is 16.3. The van der Waals surface area contributed by atoms with E-state index in [0.717, 1.165) is 17.1 Å². The van der Waals surface area contributed by atoms with Crippen LogP contribution in [0.1, 0.15) is 11.4 Å². The smallest absolute Gasteiger partial charge is 0.240 e. The van der Waals surface area contributed by atoms with Gasteiger partial charge < -0.3 is 13.7 Å². The third-order valence-corrected chi connectivity index (χ3v) is 3.61. The van der Waals surface area contributed by atoms with Crippen LogP contribution in [0.15, 0.2) is 64.5 Å². The molecule has 0 saturated heterocycles. The summed E-state index contributed by atoms with van der Waals surface area (Å²) in [5, 5.41) is 0. The van der Waals surface area contributed by atoms with E-state index in [2.05, 4.69) is 9.97 Å². The van der Waals surface area contributed by atoms with Crippen LogP contribution >= 0.6 is 0 Å². The van der Waals surface area contributed by atoms with Crippen molar-refractivity contribution < 1.29 is 13.6 Å². The first-order valence-corrected chi connectivity index (χ1v) is 7.50. The molecular formula is C17H18N4O3. The van der Waals surface area contributed by atoms with Gasteiger partial charge in [0, 0.05) is 25.8 Å². The summed E-state index contributed by atoms with van der Waals surface area (Å²) in [6.45, 7) is 1.20. The number of anilines is 1. The molecule has 0 saturated carbocycles. The van der Waals surface area contributed by atoms with Gasteiger partial charge in [-0.25, -0.2) is 9.97 Å². The average Bonchev–Trinajstić information content (AvgIpc) is 3.29. The maximum absolute atomic E-state index is 12.6. The van der Waals surface area contributed by atoms with Crippen molar-refractivity contribution in [1.29, 1.82) is 0 Å². The number of hydrogen-bond acceptors (Lipinski definition) is 6. The molecule has 0 aliphatic carbocycles. The van der Waals surface area contributed by atoms with Crippen LogP contribution in [0, 0.1) is 0 Å². The lowest BCUT2D eigenvalue weighted by molar-refractivity contribution is -0.119. The molecule has 1 amide bonds. The first kappa shape index (κ1) is 15.9. The number of carbonyl (C=O) groups excluding carboxylic acids is 1. The number of amides is 1. The van der Waals surface area contributed by atoms with E-state index in [-0.39, 0.29) is 12.5 Å². The second-order valence-corrected chi connectivity index (χ2v) is 5.39. The lowest BCUT2D eigenvalue weighted by atomic mass is 10.3. The molecule has 0 radical (unpaired) electrons. The van der Waals surface area contributed by atoms with Crippen LogP contribution in [0.3, 0.4) is 0 Å². The molecule has 0 fully saturated rings. The molecule has 2 aromatic heterocycles. The second kappa shape index (κ2) is 7.56. The fraction of sp³-hybridized carbons (Fsp3) is 0.235. The van der Waals surface area contributed by atoms with Crippen LogP contribution in [0.25, 0.3) is 0 Å². The van der Waals surface area contributed by atoms with Gasteiger partial charge in [-0.3, -0.25) is 9.69 Å². The Hall–Kier alpha value is -2.93. The summed E-state index contributed by atoms with van der Waals surface area (Å²) in [5.41, 5.74) is 2.37.